The van der Waals surface area contributed by atoms with Crippen LogP contribution in [0.4, 0.5) is 0 Å². The molecule has 0 spiro atoms. The first-order chi connectivity index (χ1) is 11.5. The van der Waals surface area contributed by atoms with Gasteiger partial charge >= 0.3 is 0 Å². The van der Waals surface area contributed by atoms with Gasteiger partial charge in [0.2, 0.25) is 0 Å². The highest BCUT2D eigenvalue weighted by atomic mass is 16.2. The molecule has 24 heavy (non-hydrogen) atoms. The summed E-state index contributed by atoms with van der Waals surface area (Å²) in [4.78, 5) is 11.8. The largest absolute Gasteiger partial charge is 0.396 e. The summed E-state index contributed by atoms with van der Waals surface area (Å²) < 4.78 is 0. The molecule has 0 bridgehead atoms. The Morgan fingerprint density at radius 1 is 1.17 bits per heavy atom. The van der Waals surface area contributed by atoms with Gasteiger partial charge in [-0.2, -0.15) is 0 Å². The van der Waals surface area contributed by atoms with Gasteiger partial charge in [0.25, 0.3) is 0 Å². The van der Waals surface area contributed by atoms with Gasteiger partial charge in [0.15, 0.2) is 5.78 Å². The molecule has 0 aromatic carbocycles. The van der Waals surface area contributed by atoms with E-state index in [2.05, 4.69) is 19.9 Å². The van der Waals surface area contributed by atoms with Gasteiger partial charge in [-0.05, 0) is 92.6 Å². The maximum absolute atomic E-state index is 11.8. The van der Waals surface area contributed by atoms with Crippen LogP contribution in [0.5, 0.6) is 0 Å². The second kappa shape index (κ2) is 5.83. The first-order valence-corrected chi connectivity index (χ1v) is 10.0. The summed E-state index contributed by atoms with van der Waals surface area (Å²) in [7, 11) is 0. The summed E-state index contributed by atoms with van der Waals surface area (Å²) in [6.07, 6.45) is 15.9. The monoisotopic (exact) mass is 328 g/mol. The average molecular weight is 328 g/mol. The molecule has 4 aliphatic carbocycles. The van der Waals surface area contributed by atoms with E-state index in [1.807, 2.05) is 12.2 Å². The average Bonchev–Trinajstić information content (AvgIpc) is 2.90. The van der Waals surface area contributed by atoms with Crippen LogP contribution in [-0.4, -0.2) is 17.5 Å². The molecule has 0 radical (unpaired) electrons. The van der Waals surface area contributed by atoms with E-state index in [1.54, 1.807) is 0 Å². The third kappa shape index (κ3) is 2.29. The Bertz CT molecular complexity index is 589. The fraction of sp³-hybridized carbons (Fsp3) is 0.773. The van der Waals surface area contributed by atoms with E-state index in [4.69, 9.17) is 0 Å². The zero-order valence-corrected chi connectivity index (χ0v) is 15.3. The summed E-state index contributed by atoms with van der Waals surface area (Å²) in [5.41, 5.74) is 2.01. The number of rotatable bonds is 3. The number of allylic oxidation sites excluding steroid dienone is 4. The molecule has 132 valence electrons. The minimum absolute atomic E-state index is 0.126. The molecule has 6 atom stereocenters. The van der Waals surface area contributed by atoms with E-state index in [9.17, 15) is 9.90 Å². The Labute approximate surface area is 146 Å². The third-order valence-electron chi connectivity index (χ3n) is 8.46. The molecule has 2 heteroatoms. The van der Waals surface area contributed by atoms with Crippen LogP contribution in [0.3, 0.4) is 0 Å². The summed E-state index contributed by atoms with van der Waals surface area (Å²) in [6.45, 7) is 5.28. The standard InChI is InChI=1S/C22H32O2/c1-21-12-10-20-18(19(21)8-6-15(21)4-3-13-23)7-5-16-14-17(24)9-11-22(16,20)2/h9,11,14-15,18-20,23H,3-8,10,12-13H2,1-2H3/t15-,18-,19-,20-,21+,22-/m0/s1. The lowest BCUT2D eigenvalue weighted by Gasteiger charge is -2.57. The van der Waals surface area contributed by atoms with Gasteiger partial charge < -0.3 is 5.11 Å². The molecular formula is C22H32O2. The Hall–Kier alpha value is -0.890. The van der Waals surface area contributed by atoms with Crippen LogP contribution in [0.15, 0.2) is 23.8 Å². The van der Waals surface area contributed by atoms with Gasteiger partial charge in [0.1, 0.15) is 0 Å². The zero-order valence-electron chi connectivity index (χ0n) is 15.3. The van der Waals surface area contributed by atoms with Crippen LogP contribution in [0.2, 0.25) is 0 Å². The lowest BCUT2D eigenvalue weighted by atomic mass is 9.47. The molecule has 3 saturated carbocycles. The molecule has 2 nitrogen and oxygen atoms in total. The molecule has 0 aromatic rings. The Morgan fingerprint density at radius 2 is 2.00 bits per heavy atom. The Morgan fingerprint density at radius 3 is 2.79 bits per heavy atom. The predicted octanol–water partition coefficient (Wildman–Crippen LogP) is 4.68. The summed E-state index contributed by atoms with van der Waals surface area (Å²) in [5, 5.41) is 9.24. The van der Waals surface area contributed by atoms with Crippen LogP contribution < -0.4 is 0 Å². The molecule has 4 aliphatic rings. The van der Waals surface area contributed by atoms with Crippen molar-refractivity contribution in [2.45, 2.75) is 65.2 Å². The highest BCUT2D eigenvalue weighted by molar-refractivity contribution is 6.01. The van der Waals surface area contributed by atoms with Gasteiger partial charge in [0.05, 0.1) is 0 Å². The fourth-order valence-corrected chi connectivity index (χ4v) is 7.12. The maximum atomic E-state index is 11.8. The third-order valence-corrected chi connectivity index (χ3v) is 8.46. The second-order valence-electron chi connectivity index (χ2n) is 9.29. The summed E-state index contributed by atoms with van der Waals surface area (Å²) in [6, 6.07) is 0. The number of fused-ring (bicyclic) bond motifs is 5. The van der Waals surface area contributed by atoms with Crippen molar-refractivity contribution in [1.82, 2.24) is 0 Å². The number of ketones is 1. The van der Waals surface area contributed by atoms with E-state index in [0.29, 0.717) is 12.0 Å². The summed E-state index contributed by atoms with van der Waals surface area (Å²) >= 11 is 0. The molecule has 0 unspecified atom stereocenters. The quantitative estimate of drug-likeness (QED) is 0.816. The van der Waals surface area contributed by atoms with E-state index in [1.165, 1.54) is 44.1 Å². The number of hydrogen-bond donors (Lipinski definition) is 1. The van der Waals surface area contributed by atoms with Gasteiger partial charge in [-0.25, -0.2) is 0 Å². The minimum atomic E-state index is 0.126. The van der Waals surface area contributed by atoms with E-state index in [-0.39, 0.29) is 11.2 Å². The van der Waals surface area contributed by atoms with Crippen molar-refractivity contribution < 1.29 is 9.90 Å². The lowest BCUT2D eigenvalue weighted by Crippen LogP contribution is -2.49. The lowest BCUT2D eigenvalue weighted by molar-refractivity contribution is -0.111. The molecule has 0 heterocycles. The molecule has 0 aromatic heterocycles. The van der Waals surface area contributed by atoms with E-state index >= 15 is 0 Å². The van der Waals surface area contributed by atoms with E-state index in [0.717, 1.165) is 36.5 Å². The van der Waals surface area contributed by atoms with Crippen LogP contribution in [-0.2, 0) is 4.79 Å². The number of hydrogen-bond acceptors (Lipinski definition) is 2. The molecule has 4 rings (SSSR count). The molecule has 0 aliphatic heterocycles. The SMILES string of the molecule is C[C@]12CC[C@H]3[C@@H](CCC4=CC(=O)C=C[C@@]43C)[C@@H]1CC[C@@H]2CCCO. The first-order valence-electron chi connectivity index (χ1n) is 10.0. The van der Waals surface area contributed by atoms with Gasteiger partial charge in [0, 0.05) is 12.0 Å². The van der Waals surface area contributed by atoms with Gasteiger partial charge in [-0.3, -0.25) is 4.79 Å². The number of carbonyl (C=O) groups is 1. The molecule has 1 N–H and O–H groups in total. The topological polar surface area (TPSA) is 37.3 Å². The Balaban J connectivity index is 1.60. The fourth-order valence-electron chi connectivity index (χ4n) is 7.12. The second-order valence-corrected chi connectivity index (χ2v) is 9.29. The minimum Gasteiger partial charge on any atom is -0.396 e. The van der Waals surface area contributed by atoms with Crippen molar-refractivity contribution in [3.63, 3.8) is 0 Å². The van der Waals surface area contributed by atoms with Crippen molar-refractivity contribution in [2.75, 3.05) is 6.61 Å². The highest BCUT2D eigenvalue weighted by Crippen LogP contribution is 2.66. The van der Waals surface area contributed by atoms with Crippen molar-refractivity contribution in [3.8, 4) is 0 Å². The van der Waals surface area contributed by atoms with Crippen molar-refractivity contribution in [2.24, 2.45) is 34.5 Å². The number of carbonyl (C=O) groups excluding carboxylic acids is 1. The first kappa shape index (κ1) is 16.6. The van der Waals surface area contributed by atoms with Crippen molar-refractivity contribution in [3.05, 3.63) is 23.8 Å². The molecule has 0 amide bonds. The normalized spacial score (nSPS) is 47.0. The van der Waals surface area contributed by atoms with Crippen LogP contribution in [0.1, 0.15) is 65.2 Å². The van der Waals surface area contributed by atoms with Gasteiger partial charge in [-0.1, -0.05) is 25.5 Å². The Kier molecular flexibility index (Phi) is 4.03. The molecule has 0 saturated heterocycles. The van der Waals surface area contributed by atoms with E-state index < -0.39 is 0 Å². The van der Waals surface area contributed by atoms with Crippen LogP contribution in [0, 0.1) is 34.5 Å². The smallest absolute Gasteiger partial charge is 0.178 e. The van der Waals surface area contributed by atoms with Crippen molar-refractivity contribution >= 4 is 5.78 Å². The van der Waals surface area contributed by atoms with Crippen LogP contribution >= 0.6 is 0 Å². The van der Waals surface area contributed by atoms with Crippen LogP contribution in [0.25, 0.3) is 0 Å². The maximum Gasteiger partial charge on any atom is 0.178 e. The number of aliphatic hydroxyl groups is 1. The van der Waals surface area contributed by atoms with Gasteiger partial charge in [-0.15, -0.1) is 0 Å². The molecule has 3 fully saturated rings. The summed E-state index contributed by atoms with van der Waals surface area (Å²) in [5.74, 6) is 3.39. The number of aliphatic hydroxyl groups excluding tert-OH is 1. The predicted molar refractivity (Wildman–Crippen MR) is 96.4 cm³/mol. The highest BCUT2D eigenvalue weighted by Gasteiger charge is 2.58. The van der Waals surface area contributed by atoms with Crippen molar-refractivity contribution in [1.29, 1.82) is 0 Å². The molecular weight excluding hydrogens is 296 g/mol. The zero-order chi connectivity index (χ0) is 16.9.